The monoisotopic (exact) mass is 146 g/mol. The first kappa shape index (κ1) is 9.79. The standard InChI is InChI=1S/C3H4Cl2.ClH/c1-3(5)2-4;/h1-2H2;1H. The number of hydrogen-bond acceptors (Lipinski definition) is 0. The molecule has 0 atom stereocenters. The number of halogens is 3. The maximum absolute atomic E-state index is 5.14. The molecule has 0 saturated heterocycles. The lowest BCUT2D eigenvalue weighted by atomic mass is 10.8. The lowest BCUT2D eigenvalue weighted by molar-refractivity contribution is 1.72. The molecule has 0 aliphatic rings. The summed E-state index contributed by atoms with van der Waals surface area (Å²) >= 11 is 10.2. The molecule has 0 aromatic rings. The third kappa shape index (κ3) is 8.82. The van der Waals surface area contributed by atoms with E-state index in [4.69, 9.17) is 23.2 Å². The van der Waals surface area contributed by atoms with E-state index in [0.717, 1.165) is 0 Å². The van der Waals surface area contributed by atoms with Gasteiger partial charge in [-0.2, -0.15) is 0 Å². The van der Waals surface area contributed by atoms with Gasteiger partial charge >= 0.3 is 0 Å². The van der Waals surface area contributed by atoms with Gasteiger partial charge in [-0.05, 0) is 0 Å². The van der Waals surface area contributed by atoms with E-state index in [0.29, 0.717) is 10.9 Å². The highest BCUT2D eigenvalue weighted by molar-refractivity contribution is 6.35. The molecular weight excluding hydrogens is 142 g/mol. The highest BCUT2D eigenvalue weighted by atomic mass is 35.5. The Bertz CT molecular complexity index is 41.3. The van der Waals surface area contributed by atoms with Crippen molar-refractivity contribution >= 4 is 35.6 Å². The SMILES string of the molecule is C=C(Cl)CCl.Cl. The van der Waals surface area contributed by atoms with Gasteiger partial charge in [-0.1, -0.05) is 18.2 Å². The molecule has 0 rings (SSSR count). The number of rotatable bonds is 1. The van der Waals surface area contributed by atoms with Gasteiger partial charge < -0.3 is 0 Å². The van der Waals surface area contributed by atoms with E-state index in [2.05, 4.69) is 6.58 Å². The Hall–Kier alpha value is 0.610. The molecule has 0 saturated carbocycles. The Morgan fingerprint density at radius 2 is 1.83 bits per heavy atom. The molecule has 0 aromatic heterocycles. The quantitative estimate of drug-likeness (QED) is 0.500. The summed E-state index contributed by atoms with van der Waals surface area (Å²) in [5, 5.41) is 0.492. The van der Waals surface area contributed by atoms with Crippen molar-refractivity contribution < 1.29 is 0 Å². The molecule has 3 heteroatoms. The summed E-state index contributed by atoms with van der Waals surface area (Å²) in [5.74, 6) is 0.349. The summed E-state index contributed by atoms with van der Waals surface area (Å²) in [5.41, 5.74) is 0. The molecule has 0 heterocycles. The Morgan fingerprint density at radius 1 is 1.67 bits per heavy atom. The lowest BCUT2D eigenvalue weighted by Crippen LogP contribution is -1.60. The van der Waals surface area contributed by atoms with Crippen molar-refractivity contribution in [2.75, 3.05) is 5.88 Å². The van der Waals surface area contributed by atoms with Crippen LogP contribution in [0.15, 0.2) is 11.6 Å². The molecule has 0 aliphatic heterocycles. The average molecular weight is 147 g/mol. The van der Waals surface area contributed by atoms with Crippen molar-refractivity contribution in [3.05, 3.63) is 11.6 Å². The highest BCUT2D eigenvalue weighted by Crippen LogP contribution is 1.96. The van der Waals surface area contributed by atoms with Gasteiger partial charge in [0.05, 0.1) is 5.88 Å². The lowest BCUT2D eigenvalue weighted by Gasteiger charge is -1.73. The minimum atomic E-state index is 0. The third-order valence-electron chi connectivity index (χ3n) is 0.145. The van der Waals surface area contributed by atoms with Crippen molar-refractivity contribution in [1.29, 1.82) is 0 Å². The van der Waals surface area contributed by atoms with Gasteiger partial charge in [0.25, 0.3) is 0 Å². The van der Waals surface area contributed by atoms with Crippen molar-refractivity contribution in [2.24, 2.45) is 0 Å². The summed E-state index contributed by atoms with van der Waals surface area (Å²) in [6.45, 7) is 3.31. The Balaban J connectivity index is 0. The van der Waals surface area contributed by atoms with Gasteiger partial charge in [0.2, 0.25) is 0 Å². The molecule has 38 valence electrons. The summed E-state index contributed by atoms with van der Waals surface area (Å²) < 4.78 is 0. The molecule has 0 aromatic carbocycles. The van der Waals surface area contributed by atoms with E-state index in [1.807, 2.05) is 0 Å². The summed E-state index contributed by atoms with van der Waals surface area (Å²) in [6, 6.07) is 0. The largest absolute Gasteiger partial charge is 0.147 e. The van der Waals surface area contributed by atoms with Crippen LogP contribution in [-0.2, 0) is 0 Å². The second-order valence-electron chi connectivity index (χ2n) is 0.651. The van der Waals surface area contributed by atoms with E-state index in [1.165, 1.54) is 0 Å². The maximum atomic E-state index is 5.14. The normalized spacial score (nSPS) is 6.33. The zero-order valence-corrected chi connectivity index (χ0v) is 5.41. The van der Waals surface area contributed by atoms with Crippen molar-refractivity contribution in [3.8, 4) is 0 Å². The van der Waals surface area contributed by atoms with Gasteiger partial charge in [-0.3, -0.25) is 0 Å². The summed E-state index contributed by atoms with van der Waals surface area (Å²) in [7, 11) is 0. The van der Waals surface area contributed by atoms with Crippen LogP contribution in [0.25, 0.3) is 0 Å². The van der Waals surface area contributed by atoms with Crippen LogP contribution in [0.3, 0.4) is 0 Å². The summed E-state index contributed by atoms with van der Waals surface area (Å²) in [6.07, 6.45) is 0. The Morgan fingerprint density at radius 3 is 1.83 bits per heavy atom. The van der Waals surface area contributed by atoms with Crippen molar-refractivity contribution in [2.45, 2.75) is 0 Å². The van der Waals surface area contributed by atoms with E-state index < -0.39 is 0 Å². The minimum Gasteiger partial charge on any atom is -0.147 e. The van der Waals surface area contributed by atoms with Gasteiger partial charge in [0.1, 0.15) is 0 Å². The van der Waals surface area contributed by atoms with E-state index in [9.17, 15) is 0 Å². The fraction of sp³-hybridized carbons (Fsp3) is 0.333. The molecule has 0 unspecified atom stereocenters. The Kier molecular flexibility index (Phi) is 9.15. The molecular formula is C3H5Cl3. The van der Waals surface area contributed by atoms with Gasteiger partial charge in [0, 0.05) is 5.03 Å². The second-order valence-corrected chi connectivity index (χ2v) is 1.45. The fourth-order valence-corrected chi connectivity index (χ4v) is 0. The first-order chi connectivity index (χ1) is 2.27. The van der Waals surface area contributed by atoms with Crippen LogP contribution in [0, 0.1) is 0 Å². The smallest absolute Gasteiger partial charge is 0.0575 e. The predicted molar refractivity (Wildman–Crippen MR) is 33.0 cm³/mol. The van der Waals surface area contributed by atoms with Crippen LogP contribution in [0.5, 0.6) is 0 Å². The molecule has 0 nitrogen and oxygen atoms in total. The predicted octanol–water partition coefficient (Wildman–Crippen LogP) is 2.40. The van der Waals surface area contributed by atoms with E-state index in [1.54, 1.807) is 0 Å². The molecule has 0 fully saturated rings. The highest BCUT2D eigenvalue weighted by Gasteiger charge is 1.73. The molecule has 0 N–H and O–H groups in total. The van der Waals surface area contributed by atoms with Crippen molar-refractivity contribution in [3.63, 3.8) is 0 Å². The minimum absolute atomic E-state index is 0. The number of allylic oxidation sites excluding steroid dienone is 1. The van der Waals surface area contributed by atoms with Gasteiger partial charge in [-0.25, -0.2) is 0 Å². The van der Waals surface area contributed by atoms with Crippen molar-refractivity contribution in [1.82, 2.24) is 0 Å². The Labute approximate surface area is 53.5 Å². The molecule has 0 bridgehead atoms. The first-order valence-electron chi connectivity index (χ1n) is 1.16. The maximum Gasteiger partial charge on any atom is 0.0575 e. The van der Waals surface area contributed by atoms with Crippen LogP contribution in [0.2, 0.25) is 0 Å². The zero-order valence-electron chi connectivity index (χ0n) is 3.08. The second kappa shape index (κ2) is 5.61. The molecule has 0 radical (unpaired) electrons. The van der Waals surface area contributed by atoms with Gasteiger partial charge in [-0.15, -0.1) is 24.0 Å². The van der Waals surface area contributed by atoms with E-state index in [-0.39, 0.29) is 12.4 Å². The summed E-state index contributed by atoms with van der Waals surface area (Å²) in [4.78, 5) is 0. The van der Waals surface area contributed by atoms with E-state index >= 15 is 0 Å². The van der Waals surface area contributed by atoms with Crippen LogP contribution >= 0.6 is 35.6 Å². The molecule has 0 spiro atoms. The fourth-order valence-electron chi connectivity index (χ4n) is 0. The van der Waals surface area contributed by atoms with Crippen LogP contribution < -0.4 is 0 Å². The zero-order chi connectivity index (χ0) is 4.28. The third-order valence-corrected chi connectivity index (χ3v) is 0.738. The van der Waals surface area contributed by atoms with Gasteiger partial charge in [0.15, 0.2) is 0 Å². The molecule has 0 aliphatic carbocycles. The van der Waals surface area contributed by atoms with Crippen LogP contribution in [-0.4, -0.2) is 5.88 Å². The first-order valence-corrected chi connectivity index (χ1v) is 2.08. The topological polar surface area (TPSA) is 0 Å². The average Bonchev–Trinajstić information content (AvgIpc) is 1.38. The molecule has 6 heavy (non-hydrogen) atoms. The van der Waals surface area contributed by atoms with Crippen LogP contribution in [0.1, 0.15) is 0 Å². The number of hydrogen-bond donors (Lipinski definition) is 0. The van der Waals surface area contributed by atoms with Crippen LogP contribution in [0.4, 0.5) is 0 Å². The number of alkyl halides is 1. The molecule has 0 amide bonds.